The molecule has 1 saturated heterocycles. The smallest absolute Gasteiger partial charge is 0.213 e. The summed E-state index contributed by atoms with van der Waals surface area (Å²) in [5.41, 5.74) is 4.35. The van der Waals surface area contributed by atoms with Gasteiger partial charge in [-0.05, 0) is 70.6 Å². The van der Waals surface area contributed by atoms with Crippen LogP contribution in [-0.2, 0) is 11.4 Å². The molecule has 1 aromatic heterocycles. The van der Waals surface area contributed by atoms with Crippen LogP contribution < -0.4 is 9.64 Å². The van der Waals surface area contributed by atoms with Crippen LogP contribution in [0.2, 0.25) is 5.02 Å². The third-order valence-corrected chi connectivity index (χ3v) is 8.10. The molecule has 2 heterocycles. The minimum Gasteiger partial charge on any atom is -0.473 e. The topological polar surface area (TPSA) is 96.6 Å². The van der Waals surface area contributed by atoms with Gasteiger partial charge in [0, 0.05) is 77.7 Å². The average molecular weight is 856 g/mol. The molecule has 0 spiro atoms. The van der Waals surface area contributed by atoms with E-state index in [4.69, 9.17) is 32.1 Å². The Labute approximate surface area is 294 Å². The quantitative estimate of drug-likeness (QED) is 0.113. The molecule has 2 aromatic carbocycles. The van der Waals surface area contributed by atoms with Crippen LogP contribution in [0.5, 0.6) is 5.88 Å². The second kappa shape index (κ2) is 17.0. The van der Waals surface area contributed by atoms with Crippen molar-refractivity contribution in [2.75, 3.05) is 31.1 Å². The predicted molar refractivity (Wildman–Crippen MR) is 174 cm³/mol. The number of piperidine rings is 1. The van der Waals surface area contributed by atoms with Crippen LogP contribution in [0.3, 0.4) is 0 Å². The summed E-state index contributed by atoms with van der Waals surface area (Å²) in [6.45, 7) is 12.8. The van der Waals surface area contributed by atoms with Gasteiger partial charge >= 0.3 is 0 Å². The summed E-state index contributed by atoms with van der Waals surface area (Å²) >= 11 is 5.85. The Bertz CT molecular complexity index is 1510. The third kappa shape index (κ3) is 9.73. The van der Waals surface area contributed by atoms with Crippen molar-refractivity contribution in [3.63, 3.8) is 0 Å². The zero-order chi connectivity index (χ0) is 31.8. The number of aryl methyl sites for hydroxylation is 1. The third-order valence-electron chi connectivity index (χ3n) is 7.86. The van der Waals surface area contributed by atoms with Gasteiger partial charge in [-0.2, -0.15) is 6.07 Å². The second-order valence-electron chi connectivity index (χ2n) is 11.3. The first-order valence-electron chi connectivity index (χ1n) is 14.7. The summed E-state index contributed by atoms with van der Waals surface area (Å²) < 4.78 is 20.0. The van der Waals surface area contributed by atoms with Gasteiger partial charge in [0.05, 0.1) is 19.2 Å². The number of halogens is 2. The number of pyridine rings is 1. The number of nitrogens with one attached hydrogen (secondary N) is 2. The molecule has 0 atom stereocenters. The van der Waals surface area contributed by atoms with Crippen LogP contribution in [0.4, 0.5) is 10.1 Å². The van der Waals surface area contributed by atoms with E-state index in [1.54, 1.807) is 35.2 Å². The summed E-state index contributed by atoms with van der Waals surface area (Å²) in [4.78, 5) is 22.1. The van der Waals surface area contributed by atoms with E-state index in [2.05, 4.69) is 11.5 Å². The fourth-order valence-corrected chi connectivity index (χ4v) is 5.52. The second-order valence-corrected chi connectivity index (χ2v) is 11.7. The van der Waals surface area contributed by atoms with Gasteiger partial charge in [-0.1, -0.05) is 35.9 Å². The van der Waals surface area contributed by atoms with Crippen LogP contribution in [0.25, 0.3) is 0 Å². The number of carbonyl (C=O) groups excluding carboxylic acids is 1. The summed E-state index contributed by atoms with van der Waals surface area (Å²) in [6, 6.07) is 15.6. The van der Waals surface area contributed by atoms with Gasteiger partial charge in [0.25, 0.3) is 0 Å². The number of hydrogen-bond acceptors (Lipinski definition) is 7. The van der Waals surface area contributed by atoms with Crippen LogP contribution in [-0.4, -0.2) is 65.5 Å². The fourth-order valence-electron chi connectivity index (χ4n) is 5.36. The van der Waals surface area contributed by atoms with E-state index in [-0.39, 0.29) is 62.1 Å². The number of amidine groups is 1. The molecular formula is C34H39ClFN6O2U-. The Morgan fingerprint density at radius 1 is 1.22 bits per heavy atom. The maximum absolute atomic E-state index is 14.2. The van der Waals surface area contributed by atoms with Gasteiger partial charge in [-0.15, -0.1) is 17.7 Å². The van der Waals surface area contributed by atoms with E-state index in [1.165, 1.54) is 12.4 Å². The first-order valence-corrected chi connectivity index (χ1v) is 15.0. The number of benzene rings is 2. The van der Waals surface area contributed by atoms with Crippen molar-refractivity contribution in [1.82, 2.24) is 14.8 Å². The Balaban J connectivity index is 0.00000552. The Morgan fingerprint density at radius 3 is 2.60 bits per heavy atom. The summed E-state index contributed by atoms with van der Waals surface area (Å²) in [7, 11) is 0. The summed E-state index contributed by atoms with van der Waals surface area (Å²) in [5, 5.41) is 16.9. The SMILES string of the molecule is C=C(CN1CCC(c2cccc(OCc3ccc(Cl)cc3F)n2)CC1)N(CC(=N)N(C=N)C(C)C)c1cc([C-]=O)ccc1C.[U]. The zero-order valence-electron chi connectivity index (χ0n) is 25.9. The minimum absolute atomic E-state index is 0. The first kappa shape index (κ1) is 36.4. The molecule has 0 unspecified atom stereocenters. The zero-order valence-corrected chi connectivity index (χ0v) is 30.9. The van der Waals surface area contributed by atoms with Crippen molar-refractivity contribution in [2.45, 2.75) is 52.2 Å². The number of likely N-dealkylation sites (tertiary alicyclic amines) is 1. The molecule has 0 saturated carbocycles. The Morgan fingerprint density at radius 2 is 1.96 bits per heavy atom. The Kier molecular flexibility index (Phi) is 13.8. The van der Waals surface area contributed by atoms with Crippen molar-refractivity contribution in [3.8, 4) is 5.88 Å². The van der Waals surface area contributed by atoms with Gasteiger partial charge in [-0.25, -0.2) is 9.37 Å². The molecule has 11 heteroatoms. The average Bonchev–Trinajstić information content (AvgIpc) is 3.00. The fraction of sp³-hybridized carbons (Fsp3) is 0.353. The van der Waals surface area contributed by atoms with Crippen molar-refractivity contribution in [1.29, 1.82) is 10.8 Å². The molecule has 0 bridgehead atoms. The van der Waals surface area contributed by atoms with Gasteiger partial charge in [0.1, 0.15) is 18.3 Å². The van der Waals surface area contributed by atoms with Crippen LogP contribution in [0, 0.1) is 54.7 Å². The molecule has 4 rings (SSSR count). The molecular weight excluding hydrogens is 817 g/mol. The molecule has 0 aliphatic carbocycles. The molecule has 236 valence electrons. The standard InChI is InChI=1S/C34H39ClFN6O2.U/c1-23(2)42(22-37)33(38)19-41(32-16-26(20-43)9-8-24(32)3)25(4)18-40-14-12-27(13-15-40)31-6-5-7-34(39-31)44-21-28-10-11-29(35)17-30(28)36;/h5-11,16-17,22-23,27,37-38H,4,12-15,18-19,21H2,1-3H3;/q-1;. The van der Waals surface area contributed by atoms with Crippen molar-refractivity contribution in [3.05, 3.63) is 100 Å². The number of aromatic nitrogens is 1. The van der Waals surface area contributed by atoms with Crippen LogP contribution >= 0.6 is 11.6 Å². The maximum atomic E-state index is 14.2. The summed E-state index contributed by atoms with van der Waals surface area (Å²) in [5.74, 6) is 0.571. The monoisotopic (exact) mass is 855 g/mol. The van der Waals surface area contributed by atoms with Crippen molar-refractivity contribution < 1.29 is 45.0 Å². The van der Waals surface area contributed by atoms with Crippen LogP contribution in [0.15, 0.2) is 66.9 Å². The summed E-state index contributed by atoms with van der Waals surface area (Å²) in [6.07, 6.45) is 4.93. The molecule has 1 aliphatic rings. The molecule has 2 N–H and O–H groups in total. The number of anilines is 1. The van der Waals surface area contributed by atoms with E-state index in [0.717, 1.165) is 48.6 Å². The molecule has 0 radical (unpaired) electrons. The predicted octanol–water partition coefficient (Wildman–Crippen LogP) is 6.71. The normalized spacial score (nSPS) is 13.6. The molecule has 1 fully saturated rings. The van der Waals surface area contributed by atoms with Crippen LogP contribution in [0.1, 0.15) is 55.0 Å². The Hall–Kier alpha value is -3.03. The van der Waals surface area contributed by atoms with Gasteiger partial charge in [0.15, 0.2) is 0 Å². The van der Waals surface area contributed by atoms with Gasteiger partial charge in [0.2, 0.25) is 5.88 Å². The number of hydrogen-bond donors (Lipinski definition) is 2. The van der Waals surface area contributed by atoms with E-state index < -0.39 is 5.82 Å². The van der Waals surface area contributed by atoms with E-state index >= 15 is 0 Å². The molecule has 45 heavy (non-hydrogen) atoms. The first-order chi connectivity index (χ1) is 21.1. The maximum Gasteiger partial charge on any atom is 0.213 e. The minimum atomic E-state index is -0.407. The largest absolute Gasteiger partial charge is 0.473 e. The number of ether oxygens (including phenoxy) is 1. The van der Waals surface area contributed by atoms with Gasteiger partial charge < -0.3 is 19.3 Å². The van der Waals surface area contributed by atoms with Crippen molar-refractivity contribution in [2.24, 2.45) is 0 Å². The molecule has 8 nitrogen and oxygen atoms in total. The van der Waals surface area contributed by atoms with E-state index in [9.17, 15) is 9.18 Å². The van der Waals surface area contributed by atoms with Gasteiger partial charge in [-0.3, -0.25) is 15.7 Å². The van der Waals surface area contributed by atoms with Crippen molar-refractivity contribution >= 4 is 35.7 Å². The number of nitrogens with zero attached hydrogens (tertiary/aromatic N) is 4. The molecule has 3 aromatic rings. The van der Waals surface area contributed by atoms with E-state index in [1.807, 2.05) is 50.2 Å². The molecule has 1 aliphatic heterocycles. The number of rotatable bonds is 13. The molecule has 0 amide bonds. The van der Waals surface area contributed by atoms with E-state index in [0.29, 0.717) is 28.6 Å².